The average molecular weight is 378 g/mol. The largest absolute Gasteiger partial charge is 0.478 e. The molecule has 2 heterocycles. The summed E-state index contributed by atoms with van der Waals surface area (Å²) in [6, 6.07) is 4.57. The number of benzene rings is 1. The topological polar surface area (TPSA) is 112 Å². The van der Waals surface area contributed by atoms with Crippen LogP contribution in [0.5, 0.6) is 0 Å². The van der Waals surface area contributed by atoms with Crippen molar-refractivity contribution in [2.75, 3.05) is 20.0 Å². The van der Waals surface area contributed by atoms with E-state index in [4.69, 9.17) is 9.26 Å². The van der Waals surface area contributed by atoms with E-state index >= 15 is 0 Å². The second-order valence-electron chi connectivity index (χ2n) is 5.56. The standard InChI is InChI=1S/C16H18N4O5S/c1-24-6-5-19-11-4-3-10(15(21)22)7-12(11)20(16(19)23)8-14-17-13(9-26-2)18-25-14/h3-4,7H,5-6,8-9H2,1-2H3,(H,21,22). The molecule has 10 heteroatoms. The first-order chi connectivity index (χ1) is 12.5. The van der Waals surface area contributed by atoms with E-state index in [2.05, 4.69) is 10.1 Å². The molecule has 138 valence electrons. The zero-order valence-electron chi connectivity index (χ0n) is 14.3. The number of rotatable bonds is 8. The van der Waals surface area contributed by atoms with Crippen molar-refractivity contribution in [1.29, 1.82) is 0 Å². The first-order valence-electron chi connectivity index (χ1n) is 7.81. The van der Waals surface area contributed by atoms with Gasteiger partial charge in [0.2, 0.25) is 5.89 Å². The van der Waals surface area contributed by atoms with Crippen LogP contribution in [0.4, 0.5) is 0 Å². The van der Waals surface area contributed by atoms with Crippen molar-refractivity contribution in [3.8, 4) is 0 Å². The number of methoxy groups -OCH3 is 1. The second-order valence-corrected chi connectivity index (χ2v) is 6.43. The highest BCUT2D eigenvalue weighted by Gasteiger charge is 2.17. The van der Waals surface area contributed by atoms with Gasteiger partial charge in [0.25, 0.3) is 0 Å². The van der Waals surface area contributed by atoms with E-state index in [0.717, 1.165) is 0 Å². The minimum Gasteiger partial charge on any atom is -0.478 e. The number of aromatic carboxylic acids is 1. The lowest BCUT2D eigenvalue weighted by molar-refractivity contribution is 0.0697. The predicted molar refractivity (Wildman–Crippen MR) is 95.7 cm³/mol. The van der Waals surface area contributed by atoms with Crippen LogP contribution in [0, 0.1) is 0 Å². The van der Waals surface area contributed by atoms with Crippen LogP contribution in [0.25, 0.3) is 11.0 Å². The zero-order valence-corrected chi connectivity index (χ0v) is 15.2. The lowest BCUT2D eigenvalue weighted by Crippen LogP contribution is -2.26. The fraction of sp³-hybridized carbons (Fsp3) is 0.375. The van der Waals surface area contributed by atoms with Crippen molar-refractivity contribution >= 4 is 28.8 Å². The Hall–Kier alpha value is -2.59. The maximum Gasteiger partial charge on any atom is 0.335 e. The van der Waals surface area contributed by atoms with E-state index in [-0.39, 0.29) is 17.8 Å². The van der Waals surface area contributed by atoms with Gasteiger partial charge >= 0.3 is 11.7 Å². The first kappa shape index (κ1) is 18.2. The molecule has 0 aliphatic heterocycles. The molecule has 2 aromatic heterocycles. The number of nitrogens with zero attached hydrogens (tertiary/aromatic N) is 4. The summed E-state index contributed by atoms with van der Waals surface area (Å²) in [4.78, 5) is 28.4. The van der Waals surface area contributed by atoms with Gasteiger partial charge in [0.1, 0.15) is 6.54 Å². The van der Waals surface area contributed by atoms with Crippen molar-refractivity contribution < 1.29 is 19.2 Å². The molecule has 0 radical (unpaired) electrons. The van der Waals surface area contributed by atoms with Crippen molar-refractivity contribution in [1.82, 2.24) is 19.3 Å². The Morgan fingerprint density at radius 3 is 2.85 bits per heavy atom. The van der Waals surface area contributed by atoms with E-state index in [9.17, 15) is 14.7 Å². The van der Waals surface area contributed by atoms with Gasteiger partial charge < -0.3 is 14.4 Å². The molecule has 1 N–H and O–H groups in total. The Kier molecular flexibility index (Phi) is 5.43. The van der Waals surface area contributed by atoms with Crippen molar-refractivity contribution in [3.63, 3.8) is 0 Å². The van der Waals surface area contributed by atoms with Crippen LogP contribution in [0.15, 0.2) is 27.5 Å². The van der Waals surface area contributed by atoms with Gasteiger partial charge in [-0.2, -0.15) is 16.7 Å². The maximum absolute atomic E-state index is 12.8. The number of aromatic nitrogens is 4. The van der Waals surface area contributed by atoms with Gasteiger partial charge in [0.05, 0.1) is 35.5 Å². The van der Waals surface area contributed by atoms with Crippen molar-refractivity contribution in [2.24, 2.45) is 0 Å². The molecule has 0 bridgehead atoms. The molecule has 0 unspecified atom stereocenters. The fourth-order valence-electron chi connectivity index (χ4n) is 2.68. The summed E-state index contributed by atoms with van der Waals surface area (Å²) in [7, 11) is 1.55. The molecular formula is C16H18N4O5S. The van der Waals surface area contributed by atoms with Gasteiger partial charge in [0.15, 0.2) is 5.82 Å². The smallest absolute Gasteiger partial charge is 0.335 e. The van der Waals surface area contributed by atoms with Crippen LogP contribution in [0.2, 0.25) is 0 Å². The van der Waals surface area contributed by atoms with Crippen LogP contribution < -0.4 is 5.69 Å². The molecule has 0 amide bonds. The third kappa shape index (κ3) is 3.51. The number of thioether (sulfide) groups is 1. The number of carboxylic acids is 1. The summed E-state index contributed by atoms with van der Waals surface area (Å²) in [5, 5.41) is 13.1. The van der Waals surface area contributed by atoms with Crippen molar-refractivity contribution in [2.45, 2.75) is 18.8 Å². The summed E-state index contributed by atoms with van der Waals surface area (Å²) in [5.41, 5.74) is 0.935. The molecule has 26 heavy (non-hydrogen) atoms. The van der Waals surface area contributed by atoms with E-state index in [1.54, 1.807) is 29.5 Å². The highest BCUT2D eigenvalue weighted by molar-refractivity contribution is 7.97. The molecule has 0 aliphatic rings. The summed E-state index contributed by atoms with van der Waals surface area (Å²) in [6.45, 7) is 0.782. The fourth-order valence-corrected chi connectivity index (χ4v) is 3.06. The Balaban J connectivity index is 2.08. The van der Waals surface area contributed by atoms with E-state index in [1.165, 1.54) is 16.7 Å². The molecule has 0 saturated carbocycles. The van der Waals surface area contributed by atoms with Gasteiger partial charge in [-0.25, -0.2) is 9.59 Å². The predicted octanol–water partition coefficient (Wildman–Crippen LogP) is 1.44. The van der Waals surface area contributed by atoms with Crippen LogP contribution in [0.3, 0.4) is 0 Å². The Labute approximate surface area is 152 Å². The number of hydrogen-bond donors (Lipinski definition) is 1. The number of carboxylic acid groups (broad SMARTS) is 1. The van der Waals surface area contributed by atoms with Gasteiger partial charge in [-0.3, -0.25) is 9.13 Å². The van der Waals surface area contributed by atoms with Crippen molar-refractivity contribution in [3.05, 3.63) is 46.0 Å². The summed E-state index contributed by atoms with van der Waals surface area (Å²) in [6.07, 6.45) is 1.93. The number of ether oxygens (including phenoxy) is 1. The first-order valence-corrected chi connectivity index (χ1v) is 9.20. The van der Waals surface area contributed by atoms with Crippen LogP contribution in [0.1, 0.15) is 22.1 Å². The quantitative estimate of drug-likeness (QED) is 0.627. The minimum absolute atomic E-state index is 0.0692. The van der Waals surface area contributed by atoms with Gasteiger partial charge in [0, 0.05) is 7.11 Å². The molecule has 9 nitrogen and oxygen atoms in total. The monoisotopic (exact) mass is 378 g/mol. The van der Waals surface area contributed by atoms with Crippen LogP contribution >= 0.6 is 11.8 Å². The summed E-state index contributed by atoms with van der Waals surface area (Å²) >= 11 is 1.56. The van der Waals surface area contributed by atoms with E-state index in [1.807, 2.05) is 6.26 Å². The summed E-state index contributed by atoms with van der Waals surface area (Å²) < 4.78 is 13.3. The lowest BCUT2D eigenvalue weighted by atomic mass is 10.2. The van der Waals surface area contributed by atoms with Gasteiger partial charge in [-0.15, -0.1) is 0 Å². The number of carbonyl (C=O) groups is 1. The molecule has 0 spiro atoms. The SMILES string of the molecule is COCCn1c(=O)n(Cc2nc(CSC)no2)c2cc(C(=O)O)ccc21. The Bertz CT molecular complexity index is 990. The molecule has 3 aromatic rings. The zero-order chi connectivity index (χ0) is 18.7. The summed E-state index contributed by atoms with van der Waals surface area (Å²) in [5.74, 6) is 0.394. The number of fused-ring (bicyclic) bond motifs is 1. The average Bonchev–Trinajstić information content (AvgIpc) is 3.17. The molecule has 1 aromatic carbocycles. The third-order valence-corrected chi connectivity index (χ3v) is 4.41. The molecule has 3 rings (SSSR count). The highest BCUT2D eigenvalue weighted by Crippen LogP contribution is 2.17. The molecular weight excluding hydrogens is 360 g/mol. The van der Waals surface area contributed by atoms with Gasteiger partial charge in [-0.05, 0) is 24.5 Å². The number of hydrogen-bond acceptors (Lipinski definition) is 7. The minimum atomic E-state index is -1.06. The maximum atomic E-state index is 12.8. The Morgan fingerprint density at radius 1 is 1.35 bits per heavy atom. The van der Waals surface area contributed by atoms with E-state index < -0.39 is 5.97 Å². The number of imidazole rings is 1. The van der Waals surface area contributed by atoms with E-state index in [0.29, 0.717) is 41.7 Å². The molecule has 0 fully saturated rings. The Morgan fingerprint density at radius 2 is 2.15 bits per heavy atom. The molecule has 0 saturated heterocycles. The van der Waals surface area contributed by atoms with Crippen LogP contribution in [-0.2, 0) is 23.6 Å². The lowest BCUT2D eigenvalue weighted by Gasteiger charge is -2.02. The molecule has 0 atom stereocenters. The van der Waals surface area contributed by atoms with Gasteiger partial charge in [-0.1, -0.05) is 5.16 Å². The highest BCUT2D eigenvalue weighted by atomic mass is 32.2. The molecule has 0 aliphatic carbocycles. The third-order valence-electron chi connectivity index (χ3n) is 3.86. The second kappa shape index (κ2) is 7.75. The van der Waals surface area contributed by atoms with Crippen LogP contribution in [-0.4, -0.2) is 50.3 Å². The normalized spacial score (nSPS) is 11.3.